The molecule has 1 unspecified atom stereocenters. The van der Waals surface area contributed by atoms with Crippen LogP contribution in [-0.2, 0) is 11.2 Å². The van der Waals surface area contributed by atoms with Crippen molar-refractivity contribution in [2.45, 2.75) is 38.8 Å². The molecule has 17 heavy (non-hydrogen) atoms. The van der Waals surface area contributed by atoms with Crippen LogP contribution >= 0.6 is 0 Å². The molecule has 0 amide bonds. The van der Waals surface area contributed by atoms with Crippen LogP contribution in [0.5, 0.6) is 0 Å². The summed E-state index contributed by atoms with van der Waals surface area (Å²) in [6.45, 7) is 6.85. The highest BCUT2D eigenvalue weighted by atomic mass is 19.1. The maximum absolute atomic E-state index is 13.4. The van der Waals surface area contributed by atoms with Crippen LogP contribution in [0.25, 0.3) is 0 Å². The van der Waals surface area contributed by atoms with E-state index in [4.69, 9.17) is 4.74 Å². The van der Waals surface area contributed by atoms with Gasteiger partial charge in [-0.05, 0) is 38.8 Å². The van der Waals surface area contributed by atoms with Crippen LogP contribution < -0.4 is 5.32 Å². The van der Waals surface area contributed by atoms with E-state index in [9.17, 15) is 4.39 Å². The first-order valence-corrected chi connectivity index (χ1v) is 5.96. The average molecular weight is 239 g/mol. The number of methoxy groups -OCH3 is 1. The van der Waals surface area contributed by atoms with Crippen molar-refractivity contribution in [2.75, 3.05) is 13.7 Å². The zero-order valence-corrected chi connectivity index (χ0v) is 11.1. The maximum atomic E-state index is 13.4. The van der Waals surface area contributed by atoms with Crippen molar-refractivity contribution >= 4 is 0 Å². The molecule has 96 valence electrons. The molecule has 0 aliphatic rings. The van der Waals surface area contributed by atoms with E-state index in [0.717, 1.165) is 12.1 Å². The summed E-state index contributed by atoms with van der Waals surface area (Å²) in [5.41, 5.74) is 0.562. The van der Waals surface area contributed by atoms with E-state index in [2.05, 4.69) is 12.2 Å². The van der Waals surface area contributed by atoms with Gasteiger partial charge in [0.1, 0.15) is 5.82 Å². The molecule has 0 fully saturated rings. The molecule has 0 saturated carbocycles. The van der Waals surface area contributed by atoms with Crippen molar-refractivity contribution in [1.29, 1.82) is 0 Å². The van der Waals surface area contributed by atoms with Crippen molar-refractivity contribution in [3.8, 4) is 0 Å². The second-order valence-corrected chi connectivity index (χ2v) is 5.04. The maximum Gasteiger partial charge on any atom is 0.126 e. The van der Waals surface area contributed by atoms with Gasteiger partial charge in [-0.1, -0.05) is 18.2 Å². The van der Waals surface area contributed by atoms with Crippen molar-refractivity contribution in [1.82, 2.24) is 5.32 Å². The Morgan fingerprint density at radius 1 is 1.35 bits per heavy atom. The molecule has 1 aromatic rings. The van der Waals surface area contributed by atoms with Crippen LogP contribution in [0.2, 0.25) is 0 Å². The predicted molar refractivity (Wildman–Crippen MR) is 68.7 cm³/mol. The number of benzene rings is 1. The molecule has 0 bridgehead atoms. The Morgan fingerprint density at radius 3 is 2.59 bits per heavy atom. The molecule has 1 aromatic carbocycles. The highest BCUT2D eigenvalue weighted by molar-refractivity contribution is 5.18. The topological polar surface area (TPSA) is 21.3 Å². The Labute approximate surface area is 103 Å². The average Bonchev–Trinajstić information content (AvgIpc) is 2.30. The van der Waals surface area contributed by atoms with Crippen LogP contribution in [0, 0.1) is 5.82 Å². The molecule has 2 nitrogen and oxygen atoms in total. The Hall–Kier alpha value is -0.930. The van der Waals surface area contributed by atoms with E-state index in [1.807, 2.05) is 26.0 Å². The van der Waals surface area contributed by atoms with Crippen molar-refractivity contribution in [3.63, 3.8) is 0 Å². The van der Waals surface area contributed by atoms with Gasteiger partial charge in [0.2, 0.25) is 0 Å². The third kappa shape index (κ3) is 4.84. The van der Waals surface area contributed by atoms with Crippen LogP contribution in [0.4, 0.5) is 4.39 Å². The van der Waals surface area contributed by atoms with Gasteiger partial charge < -0.3 is 10.1 Å². The number of rotatable bonds is 6. The summed E-state index contributed by atoms with van der Waals surface area (Å²) < 4.78 is 18.8. The van der Waals surface area contributed by atoms with Gasteiger partial charge in [-0.2, -0.15) is 0 Å². The van der Waals surface area contributed by atoms with Gasteiger partial charge in [0.15, 0.2) is 0 Å². The number of hydrogen-bond acceptors (Lipinski definition) is 2. The lowest BCUT2D eigenvalue weighted by Gasteiger charge is -2.25. The highest BCUT2D eigenvalue weighted by Gasteiger charge is 2.17. The summed E-state index contributed by atoms with van der Waals surface area (Å²) in [5, 5.41) is 3.36. The van der Waals surface area contributed by atoms with Crippen LogP contribution in [-0.4, -0.2) is 25.3 Å². The summed E-state index contributed by atoms with van der Waals surface area (Å²) in [5.74, 6) is -0.132. The molecule has 3 heteroatoms. The standard InChI is InChI=1S/C14H22FNO/c1-11(16-10-14(2,3)17-4)9-12-7-5-6-8-13(12)15/h5-8,11,16H,9-10H2,1-4H3. The van der Waals surface area contributed by atoms with Gasteiger partial charge in [-0.15, -0.1) is 0 Å². The van der Waals surface area contributed by atoms with E-state index in [1.165, 1.54) is 6.07 Å². The first-order valence-electron chi connectivity index (χ1n) is 5.96. The lowest BCUT2D eigenvalue weighted by molar-refractivity contribution is 0.0214. The first kappa shape index (κ1) is 14.1. The molecular weight excluding hydrogens is 217 g/mol. The lowest BCUT2D eigenvalue weighted by atomic mass is 10.0. The summed E-state index contributed by atoms with van der Waals surface area (Å²) in [4.78, 5) is 0. The van der Waals surface area contributed by atoms with Crippen LogP contribution in [0.3, 0.4) is 0 Å². The predicted octanol–water partition coefficient (Wildman–Crippen LogP) is 2.77. The quantitative estimate of drug-likeness (QED) is 0.824. The second kappa shape index (κ2) is 6.12. The number of halogens is 1. The zero-order chi connectivity index (χ0) is 12.9. The van der Waals surface area contributed by atoms with Crippen LogP contribution in [0.1, 0.15) is 26.3 Å². The minimum atomic E-state index is -0.191. The van der Waals surface area contributed by atoms with E-state index >= 15 is 0 Å². The van der Waals surface area contributed by atoms with Gasteiger partial charge in [0.25, 0.3) is 0 Å². The zero-order valence-electron chi connectivity index (χ0n) is 11.1. The van der Waals surface area contributed by atoms with Gasteiger partial charge in [-0.3, -0.25) is 0 Å². The Bertz CT molecular complexity index is 352. The third-order valence-corrected chi connectivity index (χ3v) is 2.91. The smallest absolute Gasteiger partial charge is 0.126 e. The first-order chi connectivity index (χ1) is 7.94. The molecule has 0 heterocycles. The summed E-state index contributed by atoms with van der Waals surface area (Å²) >= 11 is 0. The molecule has 0 aromatic heterocycles. The Balaban J connectivity index is 2.45. The molecular formula is C14H22FNO. The Morgan fingerprint density at radius 2 is 2.00 bits per heavy atom. The SMILES string of the molecule is COC(C)(C)CNC(C)Cc1ccccc1F. The minimum absolute atomic E-state index is 0.132. The van der Waals surface area contributed by atoms with Gasteiger partial charge in [-0.25, -0.2) is 4.39 Å². The van der Waals surface area contributed by atoms with Crippen molar-refractivity contribution in [3.05, 3.63) is 35.6 Å². The molecule has 0 radical (unpaired) electrons. The number of ether oxygens (including phenoxy) is 1. The van der Waals surface area contributed by atoms with E-state index in [0.29, 0.717) is 6.42 Å². The van der Waals surface area contributed by atoms with E-state index < -0.39 is 0 Å². The molecule has 1 N–H and O–H groups in total. The van der Waals surface area contributed by atoms with E-state index in [-0.39, 0.29) is 17.5 Å². The monoisotopic (exact) mass is 239 g/mol. The fourth-order valence-electron chi connectivity index (χ4n) is 1.56. The molecule has 1 atom stereocenters. The summed E-state index contributed by atoms with van der Waals surface area (Å²) in [7, 11) is 1.70. The fraction of sp³-hybridized carbons (Fsp3) is 0.571. The normalized spacial score (nSPS) is 13.7. The second-order valence-electron chi connectivity index (χ2n) is 5.04. The highest BCUT2D eigenvalue weighted by Crippen LogP contribution is 2.10. The van der Waals surface area contributed by atoms with E-state index in [1.54, 1.807) is 13.2 Å². The third-order valence-electron chi connectivity index (χ3n) is 2.91. The molecule has 0 spiro atoms. The summed E-state index contributed by atoms with van der Waals surface area (Å²) in [6, 6.07) is 7.13. The fourth-order valence-corrected chi connectivity index (χ4v) is 1.56. The number of hydrogen-bond donors (Lipinski definition) is 1. The summed E-state index contributed by atoms with van der Waals surface area (Å²) in [6.07, 6.45) is 0.687. The molecule has 0 aliphatic heterocycles. The number of nitrogens with one attached hydrogen (secondary N) is 1. The minimum Gasteiger partial charge on any atom is -0.377 e. The van der Waals surface area contributed by atoms with Gasteiger partial charge in [0, 0.05) is 19.7 Å². The largest absolute Gasteiger partial charge is 0.377 e. The lowest BCUT2D eigenvalue weighted by Crippen LogP contribution is -2.41. The van der Waals surface area contributed by atoms with Crippen molar-refractivity contribution in [2.24, 2.45) is 0 Å². The van der Waals surface area contributed by atoms with Gasteiger partial charge in [0.05, 0.1) is 5.60 Å². The Kier molecular flexibility index (Phi) is 5.09. The van der Waals surface area contributed by atoms with Gasteiger partial charge >= 0.3 is 0 Å². The van der Waals surface area contributed by atoms with Crippen LogP contribution in [0.15, 0.2) is 24.3 Å². The van der Waals surface area contributed by atoms with Crippen molar-refractivity contribution < 1.29 is 9.13 Å². The molecule has 0 saturated heterocycles. The molecule has 1 rings (SSSR count). The molecule has 0 aliphatic carbocycles.